The Hall–Kier alpha value is -2.73. The van der Waals surface area contributed by atoms with E-state index >= 15 is 0 Å². The van der Waals surface area contributed by atoms with Gasteiger partial charge >= 0.3 is 0 Å². The van der Waals surface area contributed by atoms with Gasteiger partial charge in [0.25, 0.3) is 5.91 Å². The Kier molecular flexibility index (Phi) is 6.57. The molecule has 0 atom stereocenters. The number of nitrogens with zero attached hydrogens (tertiary/aromatic N) is 1. The van der Waals surface area contributed by atoms with Crippen molar-refractivity contribution in [1.29, 1.82) is 0 Å². The fourth-order valence-corrected chi connectivity index (χ4v) is 4.23. The average Bonchev–Trinajstić information content (AvgIpc) is 3.19. The number of oxazole rings is 1. The highest BCUT2D eigenvalue weighted by molar-refractivity contribution is 6.42. The van der Waals surface area contributed by atoms with Crippen molar-refractivity contribution in [3.8, 4) is 17.2 Å². The summed E-state index contributed by atoms with van der Waals surface area (Å²) >= 11 is 18.9. The second-order valence-corrected chi connectivity index (χ2v) is 9.00. The van der Waals surface area contributed by atoms with Crippen LogP contribution in [-0.2, 0) is 4.79 Å². The second-order valence-electron chi connectivity index (χ2n) is 7.86. The van der Waals surface area contributed by atoms with E-state index in [0.29, 0.717) is 27.7 Å². The highest BCUT2D eigenvalue weighted by atomic mass is 35.5. The summed E-state index contributed by atoms with van der Waals surface area (Å²) in [4.78, 5) is 17.1. The van der Waals surface area contributed by atoms with Gasteiger partial charge in [-0.25, -0.2) is 4.98 Å². The van der Waals surface area contributed by atoms with Crippen molar-refractivity contribution in [1.82, 2.24) is 4.98 Å². The number of nitrogens with one attached hydrogen (secondary N) is 1. The van der Waals surface area contributed by atoms with Crippen LogP contribution < -0.4 is 10.1 Å². The summed E-state index contributed by atoms with van der Waals surface area (Å²) in [5.74, 6) is 0.347. The number of fused-ring (bicyclic) bond motifs is 1. The van der Waals surface area contributed by atoms with E-state index in [1.165, 1.54) is 0 Å². The molecule has 0 fully saturated rings. The topological polar surface area (TPSA) is 64.4 Å². The van der Waals surface area contributed by atoms with Crippen LogP contribution in [0.5, 0.6) is 5.75 Å². The van der Waals surface area contributed by atoms with E-state index in [-0.39, 0.29) is 28.3 Å². The van der Waals surface area contributed by atoms with Gasteiger partial charge in [-0.3, -0.25) is 4.79 Å². The Morgan fingerprint density at radius 1 is 0.970 bits per heavy atom. The Bertz CT molecular complexity index is 1330. The molecule has 0 aliphatic rings. The summed E-state index contributed by atoms with van der Waals surface area (Å²) in [5, 5.41) is 3.85. The molecule has 1 amide bonds. The lowest BCUT2D eigenvalue weighted by molar-refractivity contribution is -0.118. The zero-order valence-corrected chi connectivity index (χ0v) is 20.7. The summed E-state index contributed by atoms with van der Waals surface area (Å²) in [6.45, 7) is 7.32. The van der Waals surface area contributed by atoms with Gasteiger partial charge in [0.1, 0.15) is 5.52 Å². The number of rotatable bonds is 5. The van der Waals surface area contributed by atoms with Crippen LogP contribution in [-0.4, -0.2) is 17.5 Å². The zero-order valence-electron chi connectivity index (χ0n) is 18.5. The molecular formula is C25H21Cl3N2O3. The van der Waals surface area contributed by atoms with E-state index in [4.69, 9.17) is 44.0 Å². The van der Waals surface area contributed by atoms with Crippen molar-refractivity contribution in [2.24, 2.45) is 0 Å². The molecule has 0 aliphatic carbocycles. The van der Waals surface area contributed by atoms with Gasteiger partial charge in [0.05, 0.1) is 10.0 Å². The maximum atomic E-state index is 12.5. The molecule has 0 saturated heterocycles. The number of carbonyl (C=O) groups is 1. The molecule has 8 heteroatoms. The lowest BCUT2D eigenvalue weighted by Gasteiger charge is -2.15. The number of aromatic nitrogens is 1. The molecule has 3 aromatic carbocycles. The number of aryl methyl sites for hydroxylation is 2. The minimum Gasteiger partial charge on any atom is -0.481 e. The Morgan fingerprint density at radius 2 is 1.64 bits per heavy atom. The lowest BCUT2D eigenvalue weighted by Crippen LogP contribution is -2.20. The van der Waals surface area contributed by atoms with E-state index in [2.05, 4.69) is 10.3 Å². The first-order valence-electron chi connectivity index (χ1n) is 10.2. The molecule has 170 valence electrons. The number of amides is 1. The van der Waals surface area contributed by atoms with Gasteiger partial charge in [-0.15, -0.1) is 0 Å². The summed E-state index contributed by atoms with van der Waals surface area (Å²) in [5.41, 5.74) is 6.41. The van der Waals surface area contributed by atoms with Crippen molar-refractivity contribution < 1.29 is 13.9 Å². The number of hydrogen-bond donors (Lipinski definition) is 1. The molecule has 0 unspecified atom stereocenters. The number of halogens is 3. The molecule has 0 radical (unpaired) electrons. The number of anilines is 1. The molecule has 1 N–H and O–H groups in total. The third-order valence-electron chi connectivity index (χ3n) is 5.46. The van der Waals surface area contributed by atoms with Gasteiger partial charge < -0.3 is 14.5 Å². The molecule has 33 heavy (non-hydrogen) atoms. The van der Waals surface area contributed by atoms with E-state index in [0.717, 1.165) is 27.8 Å². The van der Waals surface area contributed by atoms with Crippen LogP contribution in [0.1, 0.15) is 22.3 Å². The Morgan fingerprint density at radius 3 is 2.33 bits per heavy atom. The minimum atomic E-state index is -0.367. The van der Waals surface area contributed by atoms with Crippen LogP contribution in [0.4, 0.5) is 5.69 Å². The van der Waals surface area contributed by atoms with Crippen LogP contribution in [0, 0.1) is 27.7 Å². The molecule has 0 spiro atoms. The van der Waals surface area contributed by atoms with Crippen molar-refractivity contribution in [3.05, 3.63) is 73.7 Å². The molecule has 0 bridgehead atoms. The molecule has 0 saturated carbocycles. The lowest BCUT2D eigenvalue weighted by atomic mass is 10.1. The van der Waals surface area contributed by atoms with Gasteiger partial charge in [0, 0.05) is 16.3 Å². The summed E-state index contributed by atoms with van der Waals surface area (Å²) in [7, 11) is 0. The van der Waals surface area contributed by atoms with Crippen LogP contribution in [0.3, 0.4) is 0 Å². The highest BCUT2D eigenvalue weighted by Gasteiger charge is 2.19. The highest BCUT2D eigenvalue weighted by Crippen LogP contribution is 2.42. The first kappa shape index (κ1) is 23.4. The molecule has 1 aromatic heterocycles. The third kappa shape index (κ3) is 4.67. The van der Waals surface area contributed by atoms with Crippen molar-refractivity contribution in [2.45, 2.75) is 27.7 Å². The Labute approximate surface area is 206 Å². The zero-order chi connectivity index (χ0) is 23.9. The average molecular weight is 504 g/mol. The number of carbonyl (C=O) groups excluding carboxylic acids is 1. The third-order valence-corrected chi connectivity index (χ3v) is 6.94. The van der Waals surface area contributed by atoms with Gasteiger partial charge in [0.15, 0.2) is 17.9 Å². The van der Waals surface area contributed by atoms with E-state index in [1.54, 1.807) is 26.0 Å². The minimum absolute atomic E-state index is 0.235. The van der Waals surface area contributed by atoms with Crippen LogP contribution in [0.15, 0.2) is 40.8 Å². The smallest absolute Gasteiger partial charge is 0.262 e. The summed E-state index contributed by atoms with van der Waals surface area (Å²) in [6.07, 6.45) is 0. The number of ether oxygens (including phenoxy) is 1. The molecule has 4 rings (SSSR count). The number of benzene rings is 3. The van der Waals surface area contributed by atoms with E-state index < -0.39 is 0 Å². The molecule has 0 aliphatic heterocycles. The first-order valence-corrected chi connectivity index (χ1v) is 11.3. The van der Waals surface area contributed by atoms with Gasteiger partial charge in [-0.05, 0) is 80.3 Å². The van der Waals surface area contributed by atoms with Crippen molar-refractivity contribution in [2.75, 3.05) is 11.9 Å². The predicted octanol–water partition coefficient (Wildman–Crippen LogP) is 7.71. The standard InChI is InChI=1S/C25H21Cl3N2O3/c1-12-8-18-19(9-13(12)2)33-25(30-18)16-6-5-7-17(10-16)29-20(31)11-32-24-22(27)14(3)21(26)15(4)23(24)28/h5-10H,11H2,1-4H3,(H,29,31). The van der Waals surface area contributed by atoms with Crippen LogP contribution >= 0.6 is 34.8 Å². The molecule has 4 aromatic rings. The fraction of sp³-hybridized carbons (Fsp3) is 0.200. The second kappa shape index (κ2) is 9.26. The quantitative estimate of drug-likeness (QED) is 0.303. The molecule has 1 heterocycles. The number of hydrogen-bond acceptors (Lipinski definition) is 4. The normalized spacial score (nSPS) is 11.1. The van der Waals surface area contributed by atoms with Crippen LogP contribution in [0.25, 0.3) is 22.6 Å². The monoisotopic (exact) mass is 502 g/mol. The first-order chi connectivity index (χ1) is 15.7. The van der Waals surface area contributed by atoms with Gasteiger partial charge in [-0.2, -0.15) is 0 Å². The van der Waals surface area contributed by atoms with Gasteiger partial charge in [0.2, 0.25) is 5.89 Å². The Balaban J connectivity index is 1.50. The maximum absolute atomic E-state index is 12.5. The van der Waals surface area contributed by atoms with E-state index in [9.17, 15) is 4.79 Å². The fourth-order valence-electron chi connectivity index (χ4n) is 3.41. The molecular weight excluding hydrogens is 483 g/mol. The van der Waals surface area contributed by atoms with Crippen molar-refractivity contribution >= 4 is 57.5 Å². The van der Waals surface area contributed by atoms with Crippen LogP contribution in [0.2, 0.25) is 15.1 Å². The SMILES string of the molecule is Cc1cc2nc(-c3cccc(NC(=O)COc4c(Cl)c(C)c(Cl)c(C)c4Cl)c3)oc2cc1C. The van der Waals surface area contributed by atoms with Gasteiger partial charge in [-0.1, -0.05) is 40.9 Å². The van der Waals surface area contributed by atoms with E-state index in [1.807, 2.05) is 38.1 Å². The summed E-state index contributed by atoms with van der Waals surface area (Å²) < 4.78 is 11.6. The van der Waals surface area contributed by atoms with Crippen molar-refractivity contribution in [3.63, 3.8) is 0 Å². The maximum Gasteiger partial charge on any atom is 0.262 e. The summed E-state index contributed by atoms with van der Waals surface area (Å²) in [6, 6.07) is 11.2. The predicted molar refractivity (Wildman–Crippen MR) is 134 cm³/mol. The molecule has 5 nitrogen and oxygen atoms in total. The largest absolute Gasteiger partial charge is 0.481 e.